The zero-order chi connectivity index (χ0) is 14.0. The fourth-order valence-electron chi connectivity index (χ4n) is 3.14. The molecule has 1 aliphatic rings. The first-order chi connectivity index (χ1) is 9.04. The summed E-state index contributed by atoms with van der Waals surface area (Å²) >= 11 is 11.3. The molecule has 1 aromatic heterocycles. The summed E-state index contributed by atoms with van der Waals surface area (Å²) in [5, 5.41) is 0. The third kappa shape index (κ3) is 3.53. The third-order valence-electron chi connectivity index (χ3n) is 4.30. The smallest absolute Gasteiger partial charge is 0.107 e. The van der Waals surface area contributed by atoms with Gasteiger partial charge in [-0.05, 0) is 47.8 Å². The van der Waals surface area contributed by atoms with Crippen molar-refractivity contribution in [1.29, 1.82) is 0 Å². The van der Waals surface area contributed by atoms with Gasteiger partial charge in [-0.25, -0.2) is 0 Å². The molecule has 1 aromatic rings. The predicted molar refractivity (Wildman–Crippen MR) is 88.0 cm³/mol. The Labute approximate surface area is 133 Å². The van der Waals surface area contributed by atoms with E-state index in [9.17, 15) is 0 Å². The normalized spacial score (nSPS) is 25.8. The molecule has 2 N–H and O–H groups in total. The number of hydrogen-bond donors (Lipinski definition) is 1. The molecule has 1 aliphatic carbocycles. The molecule has 19 heavy (non-hydrogen) atoms. The number of halogens is 2. The van der Waals surface area contributed by atoms with Crippen LogP contribution >= 0.6 is 38.9 Å². The molecule has 0 aromatic carbocycles. The standard InChI is InChI=1S/C14H22BrClN2S/c1-9-5-3-4-6-11(9)18(2)12(8-17)13-7-10(15)14(16)19-13/h7,9,11-12H,3-6,8,17H2,1-2H3. The van der Waals surface area contributed by atoms with Gasteiger partial charge in [-0.15, -0.1) is 11.3 Å². The van der Waals surface area contributed by atoms with E-state index in [0.29, 0.717) is 12.6 Å². The molecule has 1 fully saturated rings. The molecule has 2 nitrogen and oxygen atoms in total. The van der Waals surface area contributed by atoms with E-state index in [1.165, 1.54) is 30.6 Å². The van der Waals surface area contributed by atoms with Crippen LogP contribution in [0.1, 0.15) is 43.5 Å². The Balaban J connectivity index is 2.16. The SMILES string of the molecule is CC1CCCCC1N(C)C(CN)c1cc(Br)c(Cl)s1. The molecule has 2 rings (SSSR count). The van der Waals surface area contributed by atoms with Crippen LogP contribution < -0.4 is 5.73 Å². The van der Waals surface area contributed by atoms with Crippen LogP contribution in [0.4, 0.5) is 0 Å². The molecule has 0 saturated heterocycles. The Hall–Kier alpha value is 0.390. The van der Waals surface area contributed by atoms with E-state index in [2.05, 4.69) is 40.9 Å². The average Bonchev–Trinajstić information content (AvgIpc) is 2.70. The van der Waals surface area contributed by atoms with E-state index in [0.717, 1.165) is 14.7 Å². The molecule has 0 bridgehead atoms. The molecule has 1 saturated carbocycles. The molecule has 5 heteroatoms. The summed E-state index contributed by atoms with van der Waals surface area (Å²) in [5.74, 6) is 0.756. The largest absolute Gasteiger partial charge is 0.329 e. The van der Waals surface area contributed by atoms with Gasteiger partial charge in [0.2, 0.25) is 0 Å². The number of rotatable bonds is 4. The van der Waals surface area contributed by atoms with Crippen molar-refractivity contribution >= 4 is 38.9 Å². The van der Waals surface area contributed by atoms with Crippen molar-refractivity contribution in [1.82, 2.24) is 4.90 Å². The van der Waals surface area contributed by atoms with Gasteiger partial charge in [0, 0.05) is 21.9 Å². The van der Waals surface area contributed by atoms with Crippen LogP contribution in [-0.4, -0.2) is 24.5 Å². The number of nitrogens with two attached hydrogens (primary N) is 1. The zero-order valence-electron chi connectivity index (χ0n) is 11.5. The fraction of sp³-hybridized carbons (Fsp3) is 0.714. The van der Waals surface area contributed by atoms with E-state index >= 15 is 0 Å². The summed E-state index contributed by atoms with van der Waals surface area (Å²) in [6.45, 7) is 3.01. The number of thiophene rings is 1. The Bertz CT molecular complexity index is 404. The lowest BCUT2D eigenvalue weighted by atomic mass is 9.84. The minimum atomic E-state index is 0.277. The van der Waals surface area contributed by atoms with Gasteiger partial charge < -0.3 is 5.73 Å². The molecular weight excluding hydrogens is 344 g/mol. The lowest BCUT2D eigenvalue weighted by Gasteiger charge is -2.40. The predicted octanol–water partition coefficient (Wildman–Crippen LogP) is 4.67. The summed E-state index contributed by atoms with van der Waals surface area (Å²) in [7, 11) is 2.21. The maximum absolute atomic E-state index is 6.16. The average molecular weight is 366 g/mol. The van der Waals surface area contributed by atoms with Gasteiger partial charge in [0.25, 0.3) is 0 Å². The first kappa shape index (κ1) is 15.8. The monoisotopic (exact) mass is 364 g/mol. The van der Waals surface area contributed by atoms with Crippen LogP contribution in [0.2, 0.25) is 4.34 Å². The van der Waals surface area contributed by atoms with Crippen LogP contribution in [-0.2, 0) is 0 Å². The van der Waals surface area contributed by atoms with Gasteiger partial charge in [0.05, 0.1) is 6.04 Å². The van der Waals surface area contributed by atoms with Crippen LogP contribution in [0.5, 0.6) is 0 Å². The van der Waals surface area contributed by atoms with Crippen LogP contribution in [0.3, 0.4) is 0 Å². The molecule has 108 valence electrons. The molecule has 0 amide bonds. The van der Waals surface area contributed by atoms with Crippen molar-refractivity contribution in [2.45, 2.75) is 44.7 Å². The van der Waals surface area contributed by atoms with E-state index in [1.54, 1.807) is 11.3 Å². The highest BCUT2D eigenvalue weighted by Gasteiger charge is 2.30. The third-order valence-corrected chi connectivity index (χ3v) is 6.87. The zero-order valence-corrected chi connectivity index (χ0v) is 14.7. The van der Waals surface area contributed by atoms with E-state index in [1.807, 2.05) is 0 Å². The minimum Gasteiger partial charge on any atom is -0.329 e. The Kier molecular flexibility index (Phi) is 5.73. The highest BCUT2D eigenvalue weighted by atomic mass is 79.9. The highest BCUT2D eigenvalue weighted by Crippen LogP contribution is 2.39. The van der Waals surface area contributed by atoms with Gasteiger partial charge in [0.15, 0.2) is 0 Å². The van der Waals surface area contributed by atoms with Gasteiger partial charge in [0.1, 0.15) is 4.34 Å². The van der Waals surface area contributed by atoms with Gasteiger partial charge in [-0.1, -0.05) is 31.4 Å². The second-order valence-corrected chi connectivity index (χ2v) is 8.06. The highest BCUT2D eigenvalue weighted by molar-refractivity contribution is 9.10. The first-order valence-electron chi connectivity index (χ1n) is 6.91. The maximum Gasteiger partial charge on any atom is 0.107 e. The van der Waals surface area contributed by atoms with Crippen molar-refractivity contribution in [2.24, 2.45) is 11.7 Å². The van der Waals surface area contributed by atoms with E-state index < -0.39 is 0 Å². The molecule has 3 atom stereocenters. The number of hydrogen-bond acceptors (Lipinski definition) is 3. The Morgan fingerprint density at radius 1 is 1.53 bits per heavy atom. The number of likely N-dealkylation sites (N-methyl/N-ethyl adjacent to an activating group) is 1. The van der Waals surface area contributed by atoms with Crippen LogP contribution in [0, 0.1) is 5.92 Å². The summed E-state index contributed by atoms with van der Waals surface area (Å²) in [5.41, 5.74) is 6.02. The summed E-state index contributed by atoms with van der Waals surface area (Å²) in [4.78, 5) is 3.73. The van der Waals surface area contributed by atoms with E-state index in [-0.39, 0.29) is 6.04 Å². The van der Waals surface area contributed by atoms with Crippen LogP contribution in [0.25, 0.3) is 0 Å². The Morgan fingerprint density at radius 2 is 2.21 bits per heavy atom. The summed E-state index contributed by atoms with van der Waals surface area (Å²) < 4.78 is 1.80. The second-order valence-electron chi connectivity index (χ2n) is 5.52. The molecule has 1 heterocycles. The maximum atomic E-state index is 6.16. The minimum absolute atomic E-state index is 0.277. The van der Waals surface area contributed by atoms with Crippen molar-refractivity contribution in [2.75, 3.05) is 13.6 Å². The lowest BCUT2D eigenvalue weighted by Crippen LogP contribution is -2.43. The lowest BCUT2D eigenvalue weighted by molar-refractivity contribution is 0.101. The molecule has 0 spiro atoms. The van der Waals surface area contributed by atoms with Crippen molar-refractivity contribution < 1.29 is 0 Å². The van der Waals surface area contributed by atoms with Gasteiger partial charge in [-0.2, -0.15) is 0 Å². The summed E-state index contributed by atoms with van der Waals surface area (Å²) in [6.07, 6.45) is 5.33. The Morgan fingerprint density at radius 3 is 2.74 bits per heavy atom. The molecule has 0 radical (unpaired) electrons. The van der Waals surface area contributed by atoms with Crippen LogP contribution in [0.15, 0.2) is 10.5 Å². The fourth-order valence-corrected chi connectivity index (χ4v) is 5.04. The van der Waals surface area contributed by atoms with Gasteiger partial charge in [-0.3, -0.25) is 4.90 Å². The molecule has 0 aliphatic heterocycles. The second kappa shape index (κ2) is 6.90. The quantitative estimate of drug-likeness (QED) is 0.839. The first-order valence-corrected chi connectivity index (χ1v) is 8.90. The van der Waals surface area contributed by atoms with Crippen molar-refractivity contribution in [3.8, 4) is 0 Å². The number of nitrogens with zero attached hydrogens (tertiary/aromatic N) is 1. The van der Waals surface area contributed by atoms with Crippen molar-refractivity contribution in [3.05, 3.63) is 19.8 Å². The molecular formula is C14H22BrClN2S. The molecule has 3 unspecified atom stereocenters. The van der Waals surface area contributed by atoms with E-state index in [4.69, 9.17) is 17.3 Å². The van der Waals surface area contributed by atoms with Gasteiger partial charge >= 0.3 is 0 Å². The van der Waals surface area contributed by atoms with Crippen molar-refractivity contribution in [3.63, 3.8) is 0 Å². The summed E-state index contributed by atoms with van der Waals surface area (Å²) in [6, 6.07) is 3.04. The topological polar surface area (TPSA) is 29.3 Å².